The minimum Gasteiger partial charge on any atom is -0.364 e. The minimum absolute atomic E-state index is 0.0486. The number of hydrogen-bond donors (Lipinski definition) is 1. The summed E-state index contributed by atoms with van der Waals surface area (Å²) >= 11 is 3.33. The van der Waals surface area contributed by atoms with Crippen LogP contribution in [0.3, 0.4) is 0 Å². The van der Waals surface area contributed by atoms with Gasteiger partial charge in [-0.3, -0.25) is 4.79 Å². The normalized spacial score (nSPS) is 14.4. The Morgan fingerprint density at radius 2 is 2.04 bits per heavy atom. The summed E-state index contributed by atoms with van der Waals surface area (Å²) in [5.41, 5.74) is 2.35. The molecule has 1 aromatic heterocycles. The molecule has 122 valence electrons. The van der Waals surface area contributed by atoms with Gasteiger partial charge in [-0.15, -0.1) is 23.1 Å². The summed E-state index contributed by atoms with van der Waals surface area (Å²) in [6, 6.07) is 16.9. The standard InChI is InChI=1S/C19H18N2OS2/c1-23-14-7-8-16-15(11-14)17-18(24-16)19(22)20-9-10-21(17)12-13-5-3-2-4-6-13/h2-8,11H,9-10,12H2,1H3,(H,20,22). The Morgan fingerprint density at radius 1 is 1.21 bits per heavy atom. The molecule has 1 N–H and O–H groups in total. The lowest BCUT2D eigenvalue weighted by molar-refractivity contribution is 0.0962. The van der Waals surface area contributed by atoms with E-state index in [0.717, 1.165) is 23.7 Å². The second-order valence-electron chi connectivity index (χ2n) is 5.80. The first-order chi connectivity index (χ1) is 11.8. The van der Waals surface area contributed by atoms with Crippen molar-refractivity contribution in [1.29, 1.82) is 0 Å². The third-order valence-corrected chi connectivity index (χ3v) is 6.16. The molecule has 0 saturated heterocycles. The third kappa shape index (κ3) is 2.78. The number of nitrogens with one attached hydrogen (secondary N) is 1. The average Bonchev–Trinajstić information content (AvgIpc) is 2.93. The lowest BCUT2D eigenvalue weighted by Gasteiger charge is -2.23. The van der Waals surface area contributed by atoms with Crippen LogP contribution in [0.25, 0.3) is 10.1 Å². The van der Waals surface area contributed by atoms with Gasteiger partial charge in [0.25, 0.3) is 5.91 Å². The molecule has 5 heteroatoms. The molecule has 4 rings (SSSR count). The van der Waals surface area contributed by atoms with Crippen molar-refractivity contribution in [3.05, 3.63) is 59.0 Å². The van der Waals surface area contributed by atoms with Crippen molar-refractivity contribution in [1.82, 2.24) is 5.32 Å². The molecule has 0 spiro atoms. The van der Waals surface area contributed by atoms with Crippen LogP contribution in [-0.2, 0) is 6.54 Å². The molecule has 0 unspecified atom stereocenters. The number of amides is 1. The highest BCUT2D eigenvalue weighted by Gasteiger charge is 2.26. The molecule has 1 amide bonds. The van der Waals surface area contributed by atoms with Crippen molar-refractivity contribution in [2.24, 2.45) is 0 Å². The Labute approximate surface area is 149 Å². The van der Waals surface area contributed by atoms with Gasteiger partial charge in [0, 0.05) is 34.6 Å². The zero-order valence-electron chi connectivity index (χ0n) is 13.4. The number of hydrogen-bond acceptors (Lipinski definition) is 4. The zero-order chi connectivity index (χ0) is 16.5. The molecular weight excluding hydrogens is 336 g/mol. The van der Waals surface area contributed by atoms with Gasteiger partial charge in [-0.2, -0.15) is 0 Å². The van der Waals surface area contributed by atoms with Crippen LogP contribution < -0.4 is 10.2 Å². The van der Waals surface area contributed by atoms with Gasteiger partial charge >= 0.3 is 0 Å². The van der Waals surface area contributed by atoms with Crippen molar-refractivity contribution in [3.63, 3.8) is 0 Å². The number of thiophene rings is 1. The fraction of sp³-hybridized carbons (Fsp3) is 0.211. The van der Waals surface area contributed by atoms with Crippen LogP contribution in [0.2, 0.25) is 0 Å². The van der Waals surface area contributed by atoms with Crippen LogP contribution in [-0.4, -0.2) is 25.3 Å². The van der Waals surface area contributed by atoms with E-state index in [1.807, 2.05) is 6.07 Å². The molecule has 3 nitrogen and oxygen atoms in total. The number of rotatable bonds is 3. The van der Waals surface area contributed by atoms with Gasteiger partial charge in [0.05, 0.1) is 5.69 Å². The first-order valence-electron chi connectivity index (χ1n) is 7.94. The maximum atomic E-state index is 12.5. The van der Waals surface area contributed by atoms with Gasteiger partial charge in [-0.05, 0) is 30.0 Å². The molecule has 24 heavy (non-hydrogen) atoms. The van der Waals surface area contributed by atoms with E-state index in [9.17, 15) is 4.79 Å². The van der Waals surface area contributed by atoms with Gasteiger partial charge in [0.1, 0.15) is 4.88 Å². The smallest absolute Gasteiger partial charge is 0.263 e. The summed E-state index contributed by atoms with van der Waals surface area (Å²) in [5, 5.41) is 4.22. The molecule has 0 atom stereocenters. The fourth-order valence-electron chi connectivity index (χ4n) is 3.12. The summed E-state index contributed by atoms with van der Waals surface area (Å²) in [6.45, 7) is 2.32. The second kappa shape index (κ2) is 6.49. The average molecular weight is 355 g/mol. The lowest BCUT2D eigenvalue weighted by Crippen LogP contribution is -2.29. The molecule has 2 heterocycles. The number of carbonyl (C=O) groups excluding carboxylic acids is 1. The Kier molecular flexibility index (Phi) is 4.21. The zero-order valence-corrected chi connectivity index (χ0v) is 15.0. The van der Waals surface area contributed by atoms with Crippen molar-refractivity contribution in [2.75, 3.05) is 24.2 Å². The summed E-state index contributed by atoms with van der Waals surface area (Å²) in [4.78, 5) is 16.9. The molecule has 1 aliphatic rings. The maximum absolute atomic E-state index is 12.5. The van der Waals surface area contributed by atoms with E-state index in [1.165, 1.54) is 20.5 Å². The monoisotopic (exact) mass is 354 g/mol. The predicted molar refractivity (Wildman–Crippen MR) is 103 cm³/mol. The molecule has 0 bridgehead atoms. The molecule has 2 aromatic carbocycles. The van der Waals surface area contributed by atoms with E-state index in [0.29, 0.717) is 6.54 Å². The Balaban J connectivity index is 1.85. The Hall–Kier alpha value is -1.98. The highest BCUT2D eigenvalue weighted by Crippen LogP contribution is 2.41. The number of anilines is 1. The van der Waals surface area contributed by atoms with E-state index in [1.54, 1.807) is 23.1 Å². The van der Waals surface area contributed by atoms with Crippen LogP contribution >= 0.6 is 23.1 Å². The third-order valence-electron chi connectivity index (χ3n) is 4.27. The minimum atomic E-state index is 0.0486. The lowest BCUT2D eigenvalue weighted by atomic mass is 10.1. The first-order valence-corrected chi connectivity index (χ1v) is 9.98. The number of carbonyl (C=O) groups is 1. The fourth-order valence-corrected chi connectivity index (χ4v) is 4.68. The van der Waals surface area contributed by atoms with Gasteiger partial charge in [-0.1, -0.05) is 30.3 Å². The molecule has 0 saturated carbocycles. The summed E-state index contributed by atoms with van der Waals surface area (Å²) in [7, 11) is 0. The van der Waals surface area contributed by atoms with E-state index in [2.05, 4.69) is 58.9 Å². The Bertz CT molecular complexity index is 889. The van der Waals surface area contributed by atoms with Crippen molar-refractivity contribution in [2.45, 2.75) is 11.4 Å². The number of fused-ring (bicyclic) bond motifs is 3. The van der Waals surface area contributed by atoms with Crippen LogP contribution in [0.4, 0.5) is 5.69 Å². The molecule has 0 aliphatic carbocycles. The van der Waals surface area contributed by atoms with Crippen LogP contribution in [0.5, 0.6) is 0 Å². The molecular formula is C19H18N2OS2. The van der Waals surface area contributed by atoms with Crippen LogP contribution in [0.15, 0.2) is 53.4 Å². The number of benzene rings is 2. The highest BCUT2D eigenvalue weighted by molar-refractivity contribution is 7.98. The van der Waals surface area contributed by atoms with Gasteiger partial charge in [0.15, 0.2) is 0 Å². The van der Waals surface area contributed by atoms with E-state index in [4.69, 9.17) is 0 Å². The molecule has 0 fully saturated rings. The van der Waals surface area contributed by atoms with Crippen molar-refractivity contribution < 1.29 is 4.79 Å². The van der Waals surface area contributed by atoms with Crippen LogP contribution in [0, 0.1) is 0 Å². The number of thioether (sulfide) groups is 1. The quantitative estimate of drug-likeness (QED) is 0.709. The van der Waals surface area contributed by atoms with Gasteiger partial charge in [-0.25, -0.2) is 0 Å². The van der Waals surface area contributed by atoms with Crippen LogP contribution in [0.1, 0.15) is 15.2 Å². The molecule has 0 radical (unpaired) electrons. The first kappa shape index (κ1) is 15.5. The maximum Gasteiger partial charge on any atom is 0.263 e. The summed E-state index contributed by atoms with van der Waals surface area (Å²) < 4.78 is 1.17. The largest absolute Gasteiger partial charge is 0.364 e. The summed E-state index contributed by atoms with van der Waals surface area (Å²) in [6.07, 6.45) is 2.08. The van der Waals surface area contributed by atoms with E-state index >= 15 is 0 Å². The topological polar surface area (TPSA) is 32.3 Å². The van der Waals surface area contributed by atoms with Crippen molar-refractivity contribution in [3.8, 4) is 0 Å². The van der Waals surface area contributed by atoms with Crippen molar-refractivity contribution >= 4 is 44.8 Å². The molecule has 1 aliphatic heterocycles. The second-order valence-corrected chi connectivity index (χ2v) is 7.74. The Morgan fingerprint density at radius 3 is 2.83 bits per heavy atom. The van der Waals surface area contributed by atoms with Gasteiger partial charge < -0.3 is 10.2 Å². The van der Waals surface area contributed by atoms with E-state index < -0.39 is 0 Å². The van der Waals surface area contributed by atoms with E-state index in [-0.39, 0.29) is 5.91 Å². The summed E-state index contributed by atoms with van der Waals surface area (Å²) in [5.74, 6) is 0.0486. The van der Waals surface area contributed by atoms with Gasteiger partial charge in [0.2, 0.25) is 0 Å². The highest BCUT2D eigenvalue weighted by atomic mass is 32.2. The SMILES string of the molecule is CSc1ccc2sc3c(c2c1)N(Cc1ccccc1)CCNC3=O. The number of nitrogens with zero attached hydrogens (tertiary/aromatic N) is 1. The predicted octanol–water partition coefficient (Wildman–Crippen LogP) is 4.37. The molecule has 3 aromatic rings.